The Morgan fingerprint density at radius 2 is 1.93 bits per heavy atom. The maximum atomic E-state index is 11.3. The van der Waals surface area contributed by atoms with Gasteiger partial charge in [-0.1, -0.05) is 34.8 Å². The summed E-state index contributed by atoms with van der Waals surface area (Å²) < 4.78 is 3.27. The summed E-state index contributed by atoms with van der Waals surface area (Å²) in [5.41, 5.74) is 0. The molecular weight excluding hydrogens is 250 g/mol. The molecule has 0 atom stereocenters. The highest BCUT2D eigenvalue weighted by molar-refractivity contribution is 6.67. The van der Waals surface area contributed by atoms with Gasteiger partial charge in [0.05, 0.1) is 0 Å². The molecule has 1 saturated heterocycles. The number of ether oxygens (including phenoxy) is 1. The number of hydrogen-bond acceptors (Lipinski definition) is 3. The Bertz CT molecular complexity index is 202. The minimum atomic E-state index is -1.54. The summed E-state index contributed by atoms with van der Waals surface area (Å²) in [5, 5.41) is 3.11. The smallest absolute Gasteiger partial charge is 0.409 e. The van der Waals surface area contributed by atoms with Crippen LogP contribution in [0.2, 0.25) is 0 Å². The molecule has 1 fully saturated rings. The number of hydrogen-bond donors (Lipinski definition) is 1. The number of carbonyl (C=O) groups excluding carboxylic acids is 1. The Morgan fingerprint density at radius 1 is 1.36 bits per heavy atom. The molecule has 0 aromatic heterocycles. The van der Waals surface area contributed by atoms with E-state index >= 15 is 0 Å². The minimum Gasteiger partial charge on any atom is -0.445 e. The highest BCUT2D eigenvalue weighted by Gasteiger charge is 2.24. The standard InChI is InChI=1S/C7H11Cl3N2O2/c8-7(9,10)5-14-6(13)12-3-1-11-2-4-12/h11H,1-5H2. The predicted octanol–water partition coefficient (Wildman–Crippen LogP) is 1.40. The van der Waals surface area contributed by atoms with Crippen molar-refractivity contribution in [3.63, 3.8) is 0 Å². The van der Waals surface area contributed by atoms with Crippen LogP contribution in [0.15, 0.2) is 0 Å². The van der Waals surface area contributed by atoms with Gasteiger partial charge in [-0.3, -0.25) is 0 Å². The van der Waals surface area contributed by atoms with Crippen molar-refractivity contribution in [2.75, 3.05) is 32.8 Å². The van der Waals surface area contributed by atoms with E-state index in [1.54, 1.807) is 4.90 Å². The Morgan fingerprint density at radius 3 is 2.43 bits per heavy atom. The monoisotopic (exact) mass is 260 g/mol. The topological polar surface area (TPSA) is 41.6 Å². The van der Waals surface area contributed by atoms with Crippen LogP contribution in [0.25, 0.3) is 0 Å². The van der Waals surface area contributed by atoms with Crippen LogP contribution in [0.5, 0.6) is 0 Å². The molecular formula is C7H11Cl3N2O2. The molecule has 1 amide bonds. The zero-order valence-corrected chi connectivity index (χ0v) is 9.70. The van der Waals surface area contributed by atoms with Gasteiger partial charge in [-0.25, -0.2) is 4.79 Å². The van der Waals surface area contributed by atoms with E-state index in [0.29, 0.717) is 13.1 Å². The van der Waals surface area contributed by atoms with Gasteiger partial charge in [-0.2, -0.15) is 0 Å². The Kier molecular flexibility index (Phi) is 4.57. The van der Waals surface area contributed by atoms with E-state index in [-0.39, 0.29) is 6.61 Å². The zero-order valence-electron chi connectivity index (χ0n) is 7.43. The average molecular weight is 262 g/mol. The number of carbonyl (C=O) groups is 1. The Balaban J connectivity index is 2.27. The lowest BCUT2D eigenvalue weighted by atomic mass is 10.4. The van der Waals surface area contributed by atoms with Gasteiger partial charge in [0.15, 0.2) is 0 Å². The molecule has 14 heavy (non-hydrogen) atoms. The van der Waals surface area contributed by atoms with E-state index in [1.165, 1.54) is 0 Å². The van der Waals surface area contributed by atoms with E-state index < -0.39 is 9.89 Å². The van der Waals surface area contributed by atoms with Gasteiger partial charge >= 0.3 is 6.09 Å². The second kappa shape index (κ2) is 5.26. The van der Waals surface area contributed by atoms with Crippen molar-refractivity contribution in [1.82, 2.24) is 10.2 Å². The number of alkyl halides is 3. The van der Waals surface area contributed by atoms with Crippen molar-refractivity contribution in [3.05, 3.63) is 0 Å². The Hall–Kier alpha value is 0.1000. The van der Waals surface area contributed by atoms with Crippen molar-refractivity contribution in [3.8, 4) is 0 Å². The molecule has 1 aliphatic rings. The Labute approximate surface area is 97.4 Å². The summed E-state index contributed by atoms with van der Waals surface area (Å²) in [6.45, 7) is 2.56. The molecule has 82 valence electrons. The number of piperazine rings is 1. The third-order valence-corrected chi connectivity index (χ3v) is 2.06. The predicted molar refractivity (Wildman–Crippen MR) is 56.1 cm³/mol. The van der Waals surface area contributed by atoms with Crippen LogP contribution in [-0.4, -0.2) is 47.6 Å². The van der Waals surface area contributed by atoms with Crippen molar-refractivity contribution in [1.29, 1.82) is 0 Å². The summed E-state index contributed by atoms with van der Waals surface area (Å²) in [5.74, 6) is 0. The van der Waals surface area contributed by atoms with Gasteiger partial charge < -0.3 is 15.0 Å². The first-order valence-electron chi connectivity index (χ1n) is 4.18. The molecule has 1 N–H and O–H groups in total. The maximum Gasteiger partial charge on any atom is 0.409 e. The van der Waals surface area contributed by atoms with Crippen molar-refractivity contribution < 1.29 is 9.53 Å². The van der Waals surface area contributed by atoms with Crippen LogP contribution in [0, 0.1) is 0 Å². The SMILES string of the molecule is O=C(OCC(Cl)(Cl)Cl)N1CCNCC1. The fourth-order valence-electron chi connectivity index (χ4n) is 1.08. The van der Waals surface area contributed by atoms with Gasteiger partial charge in [0, 0.05) is 26.2 Å². The molecule has 1 aliphatic heterocycles. The first-order valence-corrected chi connectivity index (χ1v) is 5.31. The summed E-state index contributed by atoms with van der Waals surface area (Å²) in [4.78, 5) is 12.9. The number of nitrogens with zero attached hydrogens (tertiary/aromatic N) is 1. The average Bonchev–Trinajstić information content (AvgIpc) is 2.14. The van der Waals surface area contributed by atoms with E-state index in [0.717, 1.165) is 13.1 Å². The van der Waals surface area contributed by atoms with Crippen molar-refractivity contribution >= 4 is 40.9 Å². The third-order valence-electron chi connectivity index (χ3n) is 1.73. The van der Waals surface area contributed by atoms with E-state index in [4.69, 9.17) is 39.5 Å². The molecule has 0 bridgehead atoms. The first-order chi connectivity index (χ1) is 6.49. The lowest BCUT2D eigenvalue weighted by Crippen LogP contribution is -2.47. The fraction of sp³-hybridized carbons (Fsp3) is 0.857. The van der Waals surface area contributed by atoms with E-state index in [9.17, 15) is 4.79 Å². The largest absolute Gasteiger partial charge is 0.445 e. The molecule has 1 heterocycles. The van der Waals surface area contributed by atoms with Crippen molar-refractivity contribution in [2.45, 2.75) is 3.79 Å². The van der Waals surface area contributed by atoms with Crippen LogP contribution in [0.4, 0.5) is 4.79 Å². The lowest BCUT2D eigenvalue weighted by molar-refractivity contribution is 0.0993. The molecule has 0 aromatic carbocycles. The van der Waals surface area contributed by atoms with Gasteiger partial charge in [0.2, 0.25) is 3.79 Å². The molecule has 0 spiro atoms. The van der Waals surface area contributed by atoms with E-state index in [1.807, 2.05) is 0 Å². The fourth-order valence-corrected chi connectivity index (χ4v) is 1.25. The third kappa shape index (κ3) is 4.55. The van der Waals surface area contributed by atoms with Gasteiger partial charge in [0.1, 0.15) is 6.61 Å². The molecule has 1 rings (SSSR count). The summed E-state index contributed by atoms with van der Waals surface area (Å²) in [7, 11) is 0. The van der Waals surface area contributed by atoms with E-state index in [2.05, 4.69) is 5.32 Å². The van der Waals surface area contributed by atoms with Crippen LogP contribution in [0.3, 0.4) is 0 Å². The highest BCUT2D eigenvalue weighted by Crippen LogP contribution is 2.26. The molecule has 0 radical (unpaired) electrons. The molecule has 7 heteroatoms. The number of halogens is 3. The van der Waals surface area contributed by atoms with Crippen LogP contribution in [-0.2, 0) is 4.74 Å². The summed E-state index contributed by atoms with van der Waals surface area (Å²) in [6, 6.07) is 0. The second-order valence-corrected chi connectivity index (χ2v) is 5.42. The quantitative estimate of drug-likeness (QED) is 0.726. The van der Waals surface area contributed by atoms with Crippen LogP contribution in [0.1, 0.15) is 0 Å². The van der Waals surface area contributed by atoms with Gasteiger partial charge in [-0.15, -0.1) is 0 Å². The highest BCUT2D eigenvalue weighted by atomic mass is 35.6. The molecule has 4 nitrogen and oxygen atoms in total. The maximum absolute atomic E-state index is 11.3. The second-order valence-electron chi connectivity index (χ2n) is 2.91. The zero-order chi connectivity index (χ0) is 10.6. The number of nitrogens with one attached hydrogen (secondary N) is 1. The van der Waals surface area contributed by atoms with Crippen LogP contribution < -0.4 is 5.32 Å². The molecule has 0 saturated carbocycles. The summed E-state index contributed by atoms with van der Waals surface area (Å²) in [6.07, 6.45) is -0.433. The normalized spacial score (nSPS) is 18.1. The van der Waals surface area contributed by atoms with Gasteiger partial charge in [0.25, 0.3) is 0 Å². The molecule has 0 unspecified atom stereocenters. The lowest BCUT2D eigenvalue weighted by Gasteiger charge is -2.27. The molecule has 0 aromatic rings. The number of amides is 1. The molecule has 0 aliphatic carbocycles. The minimum absolute atomic E-state index is 0.222. The summed E-state index contributed by atoms with van der Waals surface area (Å²) >= 11 is 16.3. The van der Waals surface area contributed by atoms with Crippen molar-refractivity contribution in [2.24, 2.45) is 0 Å². The first kappa shape index (κ1) is 12.2. The number of rotatable bonds is 1. The van der Waals surface area contributed by atoms with Gasteiger partial charge in [-0.05, 0) is 0 Å². The van der Waals surface area contributed by atoms with Crippen LogP contribution >= 0.6 is 34.8 Å².